The first-order valence-corrected chi connectivity index (χ1v) is 12.8. The van der Waals surface area contributed by atoms with Crippen LogP contribution >= 0.6 is 0 Å². The fourth-order valence-electron chi connectivity index (χ4n) is 4.27. The van der Waals surface area contributed by atoms with Crippen molar-refractivity contribution in [1.82, 2.24) is 0 Å². The minimum absolute atomic E-state index is 0.0649. The number of hydrogen-bond acceptors (Lipinski definition) is 5. The average molecular weight is 533 g/mol. The molecule has 0 heterocycles. The van der Waals surface area contributed by atoms with Crippen LogP contribution < -0.4 is 9.47 Å². The van der Waals surface area contributed by atoms with Crippen LogP contribution in [0.3, 0.4) is 0 Å². The molecule has 0 aliphatic carbocycles. The largest absolute Gasteiger partial charge is 0.489 e. The number of ketones is 1. The monoisotopic (exact) mass is 532 g/mol. The van der Waals surface area contributed by atoms with E-state index < -0.39 is 11.8 Å². The minimum Gasteiger partial charge on any atom is -0.489 e. The normalized spacial score (nSPS) is 11.8. The van der Waals surface area contributed by atoms with Gasteiger partial charge < -0.3 is 9.47 Å². The summed E-state index contributed by atoms with van der Waals surface area (Å²) in [5.41, 5.74) is 21.4. The number of Topliss-reactive ketones (excluding diaryl/α,β-unsaturated/α-hetero) is 1. The van der Waals surface area contributed by atoms with E-state index >= 15 is 0 Å². The van der Waals surface area contributed by atoms with Gasteiger partial charge in [-0.15, -0.1) is 0 Å². The second-order valence-electron chi connectivity index (χ2n) is 9.02. The third-order valence-electron chi connectivity index (χ3n) is 6.40. The number of azide groups is 2. The number of carbonyl (C=O) groups is 1. The van der Waals surface area contributed by atoms with Crippen LogP contribution in [0.5, 0.6) is 11.5 Å². The third-order valence-corrected chi connectivity index (χ3v) is 6.40. The summed E-state index contributed by atoms with van der Waals surface area (Å²) in [6.45, 7) is 0.705. The Balaban J connectivity index is 1.50. The zero-order valence-corrected chi connectivity index (χ0v) is 21.8. The molecule has 4 aromatic carbocycles. The van der Waals surface area contributed by atoms with Crippen molar-refractivity contribution >= 4 is 5.78 Å². The first-order valence-electron chi connectivity index (χ1n) is 12.8. The van der Waals surface area contributed by atoms with Gasteiger partial charge in [0.05, 0.1) is 0 Å². The molecule has 0 bridgehead atoms. The van der Waals surface area contributed by atoms with Crippen molar-refractivity contribution in [2.75, 3.05) is 13.1 Å². The molecule has 0 aromatic heterocycles. The molecule has 0 amide bonds. The first kappa shape index (κ1) is 27.8. The molecule has 200 valence electrons. The van der Waals surface area contributed by atoms with E-state index in [1.54, 1.807) is 48.5 Å². The van der Waals surface area contributed by atoms with Crippen LogP contribution in [0.2, 0.25) is 0 Å². The predicted octanol–water partition coefficient (Wildman–Crippen LogP) is 7.90. The molecule has 0 saturated heterocycles. The SMILES string of the molecule is [N-]=[N+]=NCC(C(=O)C(CN=[N+]=[N-])c1ccc(OCc2ccccc2)cc1)c1ccc(OCc2ccccc2)cc1. The average Bonchev–Trinajstić information content (AvgIpc) is 3.01. The molecule has 0 fully saturated rings. The van der Waals surface area contributed by atoms with E-state index in [4.69, 9.17) is 20.5 Å². The highest BCUT2D eigenvalue weighted by Gasteiger charge is 2.29. The molecule has 0 radical (unpaired) electrons. The minimum atomic E-state index is -0.730. The topological polar surface area (TPSA) is 133 Å². The Morgan fingerprint density at radius 3 is 1.32 bits per heavy atom. The molecular weight excluding hydrogens is 504 g/mol. The summed E-state index contributed by atoms with van der Waals surface area (Å²) in [5, 5.41) is 7.39. The summed E-state index contributed by atoms with van der Waals surface area (Å²) in [4.78, 5) is 19.5. The van der Waals surface area contributed by atoms with E-state index in [0.717, 1.165) is 11.1 Å². The number of hydrogen-bond donors (Lipinski definition) is 0. The van der Waals surface area contributed by atoms with Crippen molar-refractivity contribution in [1.29, 1.82) is 0 Å². The highest BCUT2D eigenvalue weighted by molar-refractivity contribution is 5.92. The van der Waals surface area contributed by atoms with Crippen LogP contribution in [0.1, 0.15) is 34.1 Å². The van der Waals surface area contributed by atoms with Gasteiger partial charge in [0.15, 0.2) is 0 Å². The second kappa shape index (κ2) is 14.6. The molecule has 4 aromatic rings. The van der Waals surface area contributed by atoms with Crippen molar-refractivity contribution in [3.8, 4) is 11.5 Å². The van der Waals surface area contributed by atoms with Crippen molar-refractivity contribution < 1.29 is 14.3 Å². The molecule has 0 saturated carbocycles. The Hall–Kier alpha value is -5.23. The quantitative estimate of drug-likeness (QED) is 0.0928. The van der Waals surface area contributed by atoms with Gasteiger partial charge in [0.2, 0.25) is 0 Å². The van der Waals surface area contributed by atoms with Gasteiger partial charge in [-0.2, -0.15) is 0 Å². The molecule has 0 aliphatic rings. The third kappa shape index (κ3) is 7.88. The molecule has 4 rings (SSSR count). The molecule has 40 heavy (non-hydrogen) atoms. The molecule has 0 aliphatic heterocycles. The molecular formula is C31H28N6O3. The summed E-state index contributed by atoms with van der Waals surface area (Å²) < 4.78 is 11.7. The lowest BCUT2D eigenvalue weighted by Gasteiger charge is -2.21. The fourth-order valence-corrected chi connectivity index (χ4v) is 4.27. The highest BCUT2D eigenvalue weighted by atomic mass is 16.5. The van der Waals surface area contributed by atoms with E-state index in [9.17, 15) is 4.79 Å². The zero-order valence-electron chi connectivity index (χ0n) is 21.8. The molecule has 9 nitrogen and oxygen atoms in total. The predicted molar refractivity (Wildman–Crippen MR) is 153 cm³/mol. The lowest BCUT2D eigenvalue weighted by atomic mass is 9.83. The Bertz CT molecular complexity index is 1350. The molecule has 2 atom stereocenters. The number of carbonyl (C=O) groups excluding carboxylic acids is 1. The van der Waals surface area contributed by atoms with Crippen LogP contribution in [0.15, 0.2) is 119 Å². The number of benzene rings is 4. The first-order chi connectivity index (χ1) is 19.7. The lowest BCUT2D eigenvalue weighted by Crippen LogP contribution is -2.25. The van der Waals surface area contributed by atoms with E-state index in [-0.39, 0.29) is 18.9 Å². The Morgan fingerprint density at radius 1 is 0.600 bits per heavy atom. The maximum Gasteiger partial charge on any atom is 0.148 e. The van der Waals surface area contributed by atoms with Crippen LogP contribution in [0.25, 0.3) is 20.9 Å². The van der Waals surface area contributed by atoms with E-state index in [2.05, 4.69) is 20.1 Å². The Morgan fingerprint density at radius 2 is 0.975 bits per heavy atom. The standard InChI is InChI=1S/C31H28N6O3/c32-36-34-19-29(25-11-15-27(16-12-25)39-21-23-7-3-1-4-8-23)31(38)30(20-35-37-33)26-13-17-28(18-14-26)40-22-24-9-5-2-6-10-24/h1-18,29-30H,19-22H2. The van der Waals surface area contributed by atoms with Crippen molar-refractivity contribution in [3.63, 3.8) is 0 Å². The van der Waals surface area contributed by atoms with Crippen molar-refractivity contribution in [2.24, 2.45) is 10.2 Å². The summed E-state index contributed by atoms with van der Waals surface area (Å²) >= 11 is 0. The number of nitrogens with zero attached hydrogens (tertiary/aromatic N) is 6. The van der Waals surface area contributed by atoms with Crippen LogP contribution in [-0.2, 0) is 18.0 Å². The van der Waals surface area contributed by atoms with Gasteiger partial charge >= 0.3 is 0 Å². The molecule has 0 N–H and O–H groups in total. The highest BCUT2D eigenvalue weighted by Crippen LogP contribution is 2.30. The smallest absolute Gasteiger partial charge is 0.148 e. The van der Waals surface area contributed by atoms with E-state index in [1.807, 2.05) is 60.7 Å². The fraction of sp³-hybridized carbons (Fsp3) is 0.194. The summed E-state index contributed by atoms with van der Waals surface area (Å²) in [7, 11) is 0. The van der Waals surface area contributed by atoms with Gasteiger partial charge in [-0.3, -0.25) is 4.79 Å². The van der Waals surface area contributed by atoms with E-state index in [1.165, 1.54) is 0 Å². The molecule has 0 spiro atoms. The van der Waals surface area contributed by atoms with Crippen LogP contribution in [0, 0.1) is 0 Å². The van der Waals surface area contributed by atoms with Gasteiger partial charge in [0.25, 0.3) is 0 Å². The summed E-state index contributed by atoms with van der Waals surface area (Å²) in [6, 6.07) is 33.9. The van der Waals surface area contributed by atoms with Gasteiger partial charge in [-0.1, -0.05) is 95.2 Å². The van der Waals surface area contributed by atoms with Crippen molar-refractivity contribution in [2.45, 2.75) is 25.0 Å². The molecule has 9 heteroatoms. The van der Waals surface area contributed by atoms with Gasteiger partial charge in [-0.25, -0.2) is 0 Å². The maximum absolute atomic E-state index is 13.8. The van der Waals surface area contributed by atoms with Gasteiger partial charge in [-0.05, 0) is 57.6 Å². The summed E-state index contributed by atoms with van der Waals surface area (Å²) in [5.74, 6) is -0.367. The van der Waals surface area contributed by atoms with Crippen LogP contribution in [0.4, 0.5) is 0 Å². The van der Waals surface area contributed by atoms with Gasteiger partial charge in [0, 0.05) is 34.7 Å². The number of ether oxygens (including phenoxy) is 2. The maximum atomic E-state index is 13.8. The van der Waals surface area contributed by atoms with Crippen LogP contribution in [-0.4, -0.2) is 18.9 Å². The lowest BCUT2D eigenvalue weighted by molar-refractivity contribution is -0.121. The number of rotatable bonds is 14. The Kier molecular flexibility index (Phi) is 10.2. The van der Waals surface area contributed by atoms with E-state index in [0.29, 0.717) is 35.8 Å². The molecule has 2 unspecified atom stereocenters. The second-order valence-corrected chi connectivity index (χ2v) is 9.02. The zero-order chi connectivity index (χ0) is 28.0. The Labute approximate surface area is 232 Å². The van der Waals surface area contributed by atoms with Gasteiger partial charge in [0.1, 0.15) is 30.5 Å². The summed E-state index contributed by atoms with van der Waals surface area (Å²) in [6.07, 6.45) is 0. The van der Waals surface area contributed by atoms with Crippen molar-refractivity contribution in [3.05, 3.63) is 152 Å².